The summed E-state index contributed by atoms with van der Waals surface area (Å²) >= 11 is 1.44. The van der Waals surface area contributed by atoms with Gasteiger partial charge in [0.1, 0.15) is 11.6 Å². The lowest BCUT2D eigenvalue weighted by molar-refractivity contribution is 0.0954. The maximum Gasteiger partial charge on any atom is 0.251 e. The first-order chi connectivity index (χ1) is 15.4. The Hall–Kier alpha value is -3.59. The summed E-state index contributed by atoms with van der Waals surface area (Å²) in [7, 11) is 1.62. The molecule has 3 heterocycles. The van der Waals surface area contributed by atoms with Gasteiger partial charge in [0.25, 0.3) is 5.91 Å². The standard InChI is InChI=1S/C23H25N5O3S/c1-14(2)31-17-7-5-4-6-15(17)10-11-25-23(29)16-12-19(24)28-20(13-16)26-22(27-28)18-8-9-21(30-3)32-18/h4-9,12-14H,10-11,24H2,1-3H3,(H,25,29). The SMILES string of the molecule is COc1ccc(-c2nc3cc(C(=O)NCCc4ccccc4OC(C)C)cc(N)n3n2)s1. The van der Waals surface area contributed by atoms with Crippen molar-refractivity contribution in [2.75, 3.05) is 19.4 Å². The van der Waals surface area contributed by atoms with Crippen LogP contribution in [0.25, 0.3) is 16.3 Å². The lowest BCUT2D eigenvalue weighted by atomic mass is 10.1. The average molecular weight is 452 g/mol. The first-order valence-corrected chi connectivity index (χ1v) is 11.1. The minimum absolute atomic E-state index is 0.0868. The van der Waals surface area contributed by atoms with Crippen molar-refractivity contribution >= 4 is 28.7 Å². The number of methoxy groups -OCH3 is 1. The van der Waals surface area contributed by atoms with Gasteiger partial charge >= 0.3 is 0 Å². The molecule has 0 aliphatic rings. The third-order valence-electron chi connectivity index (χ3n) is 4.75. The van der Waals surface area contributed by atoms with E-state index in [0.717, 1.165) is 21.3 Å². The zero-order chi connectivity index (χ0) is 22.7. The van der Waals surface area contributed by atoms with E-state index in [2.05, 4.69) is 15.4 Å². The first-order valence-electron chi connectivity index (χ1n) is 10.3. The highest BCUT2D eigenvalue weighted by molar-refractivity contribution is 7.17. The molecule has 0 aliphatic carbocycles. The topological polar surface area (TPSA) is 104 Å². The number of ether oxygens (including phenoxy) is 2. The summed E-state index contributed by atoms with van der Waals surface area (Å²) in [5, 5.41) is 8.17. The average Bonchev–Trinajstić information content (AvgIpc) is 3.41. The molecule has 4 aromatic rings. The Morgan fingerprint density at radius 2 is 2.03 bits per heavy atom. The van der Waals surface area contributed by atoms with Crippen LogP contribution < -0.4 is 20.5 Å². The van der Waals surface area contributed by atoms with Crippen molar-refractivity contribution in [1.29, 1.82) is 0 Å². The minimum atomic E-state index is -0.219. The summed E-state index contributed by atoms with van der Waals surface area (Å²) in [6.07, 6.45) is 0.741. The zero-order valence-electron chi connectivity index (χ0n) is 18.2. The Morgan fingerprint density at radius 3 is 2.78 bits per heavy atom. The number of amides is 1. The van der Waals surface area contributed by atoms with Gasteiger partial charge in [0.2, 0.25) is 0 Å². The number of carbonyl (C=O) groups excluding carboxylic acids is 1. The highest BCUT2D eigenvalue weighted by Gasteiger charge is 2.15. The van der Waals surface area contributed by atoms with Gasteiger partial charge in [0, 0.05) is 12.1 Å². The van der Waals surface area contributed by atoms with Crippen molar-refractivity contribution in [2.24, 2.45) is 0 Å². The molecule has 0 saturated heterocycles. The second kappa shape index (κ2) is 9.27. The predicted octanol–water partition coefficient (Wildman–Crippen LogP) is 3.81. The molecule has 1 aromatic carbocycles. The van der Waals surface area contributed by atoms with E-state index in [1.54, 1.807) is 19.2 Å². The molecule has 4 rings (SSSR count). The van der Waals surface area contributed by atoms with Crippen molar-refractivity contribution in [2.45, 2.75) is 26.4 Å². The number of hydrogen-bond acceptors (Lipinski definition) is 7. The maximum absolute atomic E-state index is 12.7. The molecule has 0 saturated carbocycles. The number of thiophene rings is 1. The zero-order valence-corrected chi connectivity index (χ0v) is 19.0. The van der Waals surface area contributed by atoms with E-state index < -0.39 is 0 Å². The van der Waals surface area contributed by atoms with Crippen LogP contribution in [-0.2, 0) is 6.42 Å². The number of nitrogen functional groups attached to an aromatic ring is 1. The molecule has 0 fully saturated rings. The molecule has 0 radical (unpaired) electrons. The first kappa shape index (κ1) is 21.6. The molecule has 3 N–H and O–H groups in total. The molecule has 0 aliphatic heterocycles. The molecule has 0 unspecified atom stereocenters. The van der Waals surface area contributed by atoms with Crippen LogP contribution in [0.2, 0.25) is 0 Å². The number of aromatic nitrogens is 3. The Balaban J connectivity index is 1.47. The number of nitrogens with zero attached hydrogens (tertiary/aromatic N) is 3. The highest BCUT2D eigenvalue weighted by atomic mass is 32.1. The molecular formula is C23H25N5O3S. The lowest BCUT2D eigenvalue weighted by Gasteiger charge is -2.14. The quantitative estimate of drug-likeness (QED) is 0.422. The number of carbonyl (C=O) groups is 1. The lowest BCUT2D eigenvalue weighted by Crippen LogP contribution is -2.26. The van der Waals surface area contributed by atoms with Crippen molar-refractivity contribution in [1.82, 2.24) is 19.9 Å². The van der Waals surface area contributed by atoms with Crippen LogP contribution >= 0.6 is 11.3 Å². The molecule has 0 bridgehead atoms. The molecule has 166 valence electrons. The molecular weight excluding hydrogens is 426 g/mol. The summed E-state index contributed by atoms with van der Waals surface area (Å²) in [6.45, 7) is 4.45. The number of fused-ring (bicyclic) bond motifs is 1. The molecule has 1 amide bonds. The van der Waals surface area contributed by atoms with Crippen molar-refractivity contribution in [3.05, 3.63) is 59.7 Å². The van der Waals surface area contributed by atoms with Crippen LogP contribution in [0.5, 0.6) is 10.8 Å². The van der Waals surface area contributed by atoms with Gasteiger partial charge in [0.05, 0.1) is 18.1 Å². The molecule has 3 aromatic heterocycles. The number of hydrogen-bond donors (Lipinski definition) is 2. The largest absolute Gasteiger partial charge is 0.491 e. The molecule has 8 nitrogen and oxygen atoms in total. The fraction of sp³-hybridized carbons (Fsp3) is 0.261. The van der Waals surface area contributed by atoms with Gasteiger partial charge in [-0.2, -0.15) is 4.52 Å². The van der Waals surface area contributed by atoms with Gasteiger partial charge in [-0.1, -0.05) is 29.5 Å². The smallest absolute Gasteiger partial charge is 0.251 e. The predicted molar refractivity (Wildman–Crippen MR) is 126 cm³/mol. The maximum atomic E-state index is 12.7. The summed E-state index contributed by atoms with van der Waals surface area (Å²) in [5.74, 6) is 1.49. The Kier molecular flexibility index (Phi) is 6.27. The highest BCUT2D eigenvalue weighted by Crippen LogP contribution is 2.31. The van der Waals surface area contributed by atoms with E-state index >= 15 is 0 Å². The third-order valence-corrected chi connectivity index (χ3v) is 5.79. The number of benzene rings is 1. The van der Waals surface area contributed by atoms with E-state index in [1.165, 1.54) is 15.9 Å². The summed E-state index contributed by atoms with van der Waals surface area (Å²) in [4.78, 5) is 18.1. The third kappa shape index (κ3) is 4.67. The van der Waals surface area contributed by atoms with Gasteiger partial charge < -0.3 is 20.5 Å². The van der Waals surface area contributed by atoms with Crippen molar-refractivity contribution in [3.63, 3.8) is 0 Å². The Bertz CT molecular complexity index is 1250. The van der Waals surface area contributed by atoms with Crippen molar-refractivity contribution in [3.8, 4) is 21.5 Å². The van der Waals surface area contributed by atoms with E-state index in [-0.39, 0.29) is 12.0 Å². The second-order valence-corrected chi connectivity index (χ2v) is 8.52. The number of pyridine rings is 1. The number of anilines is 1. The second-order valence-electron chi connectivity index (χ2n) is 7.48. The number of nitrogens with two attached hydrogens (primary N) is 1. The Labute approximate surface area is 190 Å². The van der Waals surface area contributed by atoms with Crippen LogP contribution in [-0.4, -0.2) is 40.3 Å². The minimum Gasteiger partial charge on any atom is -0.491 e. The number of rotatable bonds is 8. The van der Waals surface area contributed by atoms with Crippen LogP contribution in [0.4, 0.5) is 5.82 Å². The fourth-order valence-electron chi connectivity index (χ4n) is 3.29. The molecule has 0 atom stereocenters. The van der Waals surface area contributed by atoms with Gasteiger partial charge in [-0.3, -0.25) is 4.79 Å². The van der Waals surface area contributed by atoms with Gasteiger partial charge in [0.15, 0.2) is 16.5 Å². The van der Waals surface area contributed by atoms with Crippen LogP contribution in [0.15, 0.2) is 48.5 Å². The van der Waals surface area contributed by atoms with Crippen LogP contribution in [0.3, 0.4) is 0 Å². The normalized spacial score (nSPS) is 11.1. The number of nitrogens with one attached hydrogen (secondary N) is 1. The number of para-hydroxylation sites is 1. The van der Waals surface area contributed by atoms with Crippen LogP contribution in [0.1, 0.15) is 29.8 Å². The Morgan fingerprint density at radius 1 is 1.22 bits per heavy atom. The monoisotopic (exact) mass is 451 g/mol. The molecule has 0 spiro atoms. The van der Waals surface area contributed by atoms with Crippen LogP contribution in [0, 0.1) is 0 Å². The van der Waals surface area contributed by atoms with Gasteiger partial charge in [-0.05, 0) is 56.2 Å². The van der Waals surface area contributed by atoms with Gasteiger partial charge in [-0.15, -0.1) is 5.10 Å². The van der Waals surface area contributed by atoms with Gasteiger partial charge in [-0.25, -0.2) is 4.98 Å². The van der Waals surface area contributed by atoms with E-state index in [4.69, 9.17) is 15.2 Å². The van der Waals surface area contributed by atoms with E-state index in [9.17, 15) is 4.79 Å². The molecule has 32 heavy (non-hydrogen) atoms. The summed E-state index contributed by atoms with van der Waals surface area (Å²) < 4.78 is 12.6. The fourth-order valence-corrected chi connectivity index (χ4v) is 4.04. The summed E-state index contributed by atoms with van der Waals surface area (Å²) in [5.41, 5.74) is 8.13. The molecule has 9 heteroatoms. The van der Waals surface area contributed by atoms with Crippen molar-refractivity contribution < 1.29 is 14.3 Å². The van der Waals surface area contributed by atoms with E-state index in [0.29, 0.717) is 35.8 Å². The van der Waals surface area contributed by atoms with E-state index in [1.807, 2.05) is 50.2 Å². The summed E-state index contributed by atoms with van der Waals surface area (Å²) in [6, 6.07) is 14.9.